The topological polar surface area (TPSA) is 105 Å². The number of carbonyl (C=O) groups excluding carboxylic acids is 2. The second kappa shape index (κ2) is 9.27. The lowest BCUT2D eigenvalue weighted by Gasteiger charge is -2.27. The van der Waals surface area contributed by atoms with Crippen LogP contribution in [0.3, 0.4) is 0 Å². The molecule has 0 unspecified atom stereocenters. The Morgan fingerprint density at radius 2 is 1.76 bits per heavy atom. The van der Waals surface area contributed by atoms with Gasteiger partial charge < -0.3 is 14.5 Å². The van der Waals surface area contributed by atoms with Crippen molar-refractivity contribution in [3.8, 4) is 0 Å². The molecule has 0 radical (unpaired) electrons. The van der Waals surface area contributed by atoms with Crippen molar-refractivity contribution in [1.29, 1.82) is 0 Å². The summed E-state index contributed by atoms with van der Waals surface area (Å²) in [5.74, 6) is -0.915. The monoisotopic (exact) mass is 459 g/mol. The number of hydrogen-bond donors (Lipinski definition) is 2. The van der Waals surface area contributed by atoms with Gasteiger partial charge in [-0.25, -0.2) is 9.59 Å². The van der Waals surface area contributed by atoms with E-state index < -0.39 is 17.5 Å². The molecule has 4 rings (SSSR count). The van der Waals surface area contributed by atoms with E-state index in [0.717, 1.165) is 5.56 Å². The van der Waals surface area contributed by atoms with Crippen LogP contribution in [0, 0.1) is 0 Å². The molecule has 8 heteroatoms. The number of H-pyrrole nitrogens is 1. The van der Waals surface area contributed by atoms with Crippen molar-refractivity contribution in [2.75, 3.05) is 10.2 Å². The summed E-state index contributed by atoms with van der Waals surface area (Å²) in [6, 6.07) is 21.2. The highest BCUT2D eigenvalue weighted by atomic mass is 16.6. The first kappa shape index (κ1) is 22.8. The van der Waals surface area contributed by atoms with Crippen molar-refractivity contribution in [2.24, 2.45) is 0 Å². The van der Waals surface area contributed by atoms with Crippen molar-refractivity contribution in [2.45, 2.75) is 32.9 Å². The van der Waals surface area contributed by atoms with Gasteiger partial charge in [-0.15, -0.1) is 0 Å². The minimum absolute atomic E-state index is 0.255. The number of oxazole rings is 1. The summed E-state index contributed by atoms with van der Waals surface area (Å²) in [5, 5.41) is 2.85. The summed E-state index contributed by atoms with van der Waals surface area (Å²) >= 11 is 0. The molecule has 1 heterocycles. The van der Waals surface area contributed by atoms with Crippen LogP contribution in [-0.2, 0) is 11.3 Å². The Hall–Kier alpha value is -4.33. The Balaban J connectivity index is 1.54. The number of fused-ring (bicyclic) bond motifs is 1. The standard InChI is InChI=1S/C26H25N3O5/c1-26(2,3)34-25(32)29(20-10-5-4-6-11-20)16-17-8-7-9-19(14-17)27-23(30)18-12-13-22-21(15-18)28-24(31)33-22/h4-15H,16H2,1-3H3,(H,27,30)(H,28,31). The van der Waals surface area contributed by atoms with Crippen LogP contribution in [0.25, 0.3) is 11.1 Å². The fourth-order valence-corrected chi connectivity index (χ4v) is 3.41. The van der Waals surface area contributed by atoms with E-state index in [0.29, 0.717) is 28.0 Å². The third kappa shape index (κ3) is 5.53. The Morgan fingerprint density at radius 3 is 2.50 bits per heavy atom. The highest BCUT2D eigenvalue weighted by Crippen LogP contribution is 2.22. The molecular weight excluding hydrogens is 434 g/mol. The number of aromatic nitrogens is 1. The first-order valence-electron chi connectivity index (χ1n) is 10.8. The third-order valence-electron chi connectivity index (χ3n) is 4.89. The van der Waals surface area contributed by atoms with Crippen LogP contribution in [-0.4, -0.2) is 22.6 Å². The molecule has 2 N–H and O–H groups in total. The normalized spacial score (nSPS) is 11.3. The van der Waals surface area contributed by atoms with E-state index in [1.54, 1.807) is 41.3 Å². The maximum atomic E-state index is 12.9. The van der Waals surface area contributed by atoms with Crippen LogP contribution >= 0.6 is 0 Å². The van der Waals surface area contributed by atoms with Crippen LogP contribution in [0.5, 0.6) is 0 Å². The Labute approximate surface area is 196 Å². The molecule has 2 amide bonds. The minimum atomic E-state index is -0.639. The molecule has 0 aliphatic rings. The van der Waals surface area contributed by atoms with Crippen LogP contribution in [0.2, 0.25) is 0 Å². The Bertz CT molecular complexity index is 1380. The van der Waals surface area contributed by atoms with Gasteiger partial charge in [0.05, 0.1) is 12.1 Å². The summed E-state index contributed by atoms with van der Waals surface area (Å²) < 4.78 is 10.6. The summed E-state index contributed by atoms with van der Waals surface area (Å²) in [5.41, 5.74) is 2.64. The number of para-hydroxylation sites is 1. The average Bonchev–Trinajstić information content (AvgIpc) is 3.16. The molecule has 0 spiro atoms. The number of benzene rings is 3. The zero-order chi connectivity index (χ0) is 24.3. The van der Waals surface area contributed by atoms with Gasteiger partial charge >= 0.3 is 11.8 Å². The van der Waals surface area contributed by atoms with Gasteiger partial charge in [0.15, 0.2) is 5.58 Å². The molecule has 174 valence electrons. The zero-order valence-electron chi connectivity index (χ0n) is 19.1. The average molecular weight is 460 g/mol. The van der Waals surface area contributed by atoms with E-state index >= 15 is 0 Å². The Kier molecular flexibility index (Phi) is 6.23. The number of hydrogen-bond acceptors (Lipinski definition) is 5. The number of rotatable bonds is 5. The molecule has 0 saturated carbocycles. The summed E-state index contributed by atoms with van der Waals surface area (Å²) in [4.78, 5) is 41.1. The lowest BCUT2D eigenvalue weighted by molar-refractivity contribution is 0.0577. The maximum absolute atomic E-state index is 12.9. The van der Waals surface area contributed by atoms with E-state index in [1.165, 1.54) is 0 Å². The number of anilines is 2. The van der Waals surface area contributed by atoms with Crippen molar-refractivity contribution >= 4 is 34.5 Å². The molecular formula is C26H25N3O5. The number of ether oxygens (including phenoxy) is 1. The number of nitrogens with zero attached hydrogens (tertiary/aromatic N) is 1. The predicted octanol–water partition coefficient (Wildman–Crippen LogP) is 5.32. The first-order valence-corrected chi connectivity index (χ1v) is 10.8. The summed E-state index contributed by atoms with van der Waals surface area (Å²) in [6.07, 6.45) is -0.462. The molecule has 1 aromatic heterocycles. The van der Waals surface area contributed by atoms with E-state index in [9.17, 15) is 14.4 Å². The molecule has 34 heavy (non-hydrogen) atoms. The second-order valence-corrected chi connectivity index (χ2v) is 8.78. The summed E-state index contributed by atoms with van der Waals surface area (Å²) in [7, 11) is 0. The van der Waals surface area contributed by atoms with Crippen molar-refractivity contribution < 1.29 is 18.7 Å². The minimum Gasteiger partial charge on any atom is -0.443 e. The van der Waals surface area contributed by atoms with Crippen LogP contribution in [0.15, 0.2) is 82.0 Å². The van der Waals surface area contributed by atoms with E-state index in [4.69, 9.17) is 9.15 Å². The zero-order valence-corrected chi connectivity index (χ0v) is 19.1. The third-order valence-corrected chi connectivity index (χ3v) is 4.89. The molecule has 0 aliphatic heterocycles. The van der Waals surface area contributed by atoms with Crippen LogP contribution < -0.4 is 16.0 Å². The molecule has 8 nitrogen and oxygen atoms in total. The smallest absolute Gasteiger partial charge is 0.417 e. The molecule has 0 atom stereocenters. The number of nitrogens with one attached hydrogen (secondary N) is 2. The van der Waals surface area contributed by atoms with Crippen LogP contribution in [0.1, 0.15) is 36.7 Å². The highest BCUT2D eigenvalue weighted by molar-refractivity contribution is 6.05. The van der Waals surface area contributed by atoms with Gasteiger partial charge in [-0.05, 0) is 68.8 Å². The molecule has 0 saturated heterocycles. The van der Waals surface area contributed by atoms with Crippen molar-refractivity contribution in [3.63, 3.8) is 0 Å². The number of aromatic amines is 1. The lowest BCUT2D eigenvalue weighted by Crippen LogP contribution is -2.36. The fourth-order valence-electron chi connectivity index (χ4n) is 3.41. The van der Waals surface area contributed by atoms with Gasteiger partial charge in [-0.2, -0.15) is 0 Å². The van der Waals surface area contributed by atoms with Crippen molar-refractivity contribution in [1.82, 2.24) is 4.98 Å². The van der Waals surface area contributed by atoms with Gasteiger partial charge in [0.25, 0.3) is 5.91 Å². The van der Waals surface area contributed by atoms with Crippen molar-refractivity contribution in [3.05, 3.63) is 94.5 Å². The maximum Gasteiger partial charge on any atom is 0.417 e. The predicted molar refractivity (Wildman–Crippen MR) is 130 cm³/mol. The molecule has 0 bridgehead atoms. The number of carbonyl (C=O) groups is 2. The van der Waals surface area contributed by atoms with Gasteiger partial charge in [0.2, 0.25) is 0 Å². The van der Waals surface area contributed by atoms with E-state index in [-0.39, 0.29) is 12.5 Å². The highest BCUT2D eigenvalue weighted by Gasteiger charge is 2.23. The molecule has 0 aliphatic carbocycles. The molecule has 3 aromatic carbocycles. The number of amides is 2. The van der Waals surface area contributed by atoms with Gasteiger partial charge in [-0.1, -0.05) is 30.3 Å². The lowest BCUT2D eigenvalue weighted by atomic mass is 10.1. The molecule has 0 fully saturated rings. The summed E-state index contributed by atoms with van der Waals surface area (Å²) in [6.45, 7) is 5.72. The van der Waals surface area contributed by atoms with Gasteiger partial charge in [0, 0.05) is 16.9 Å². The molecule has 4 aromatic rings. The SMILES string of the molecule is CC(C)(C)OC(=O)N(Cc1cccc(NC(=O)c2ccc3oc(=O)[nH]c3c2)c1)c1ccccc1. The quantitative estimate of drug-likeness (QED) is 0.421. The van der Waals surface area contributed by atoms with E-state index in [2.05, 4.69) is 10.3 Å². The van der Waals surface area contributed by atoms with E-state index in [1.807, 2.05) is 57.2 Å². The van der Waals surface area contributed by atoms with Gasteiger partial charge in [0.1, 0.15) is 5.60 Å². The first-order chi connectivity index (χ1) is 16.2. The largest absolute Gasteiger partial charge is 0.443 e. The van der Waals surface area contributed by atoms with Crippen LogP contribution in [0.4, 0.5) is 16.2 Å². The second-order valence-electron chi connectivity index (χ2n) is 8.78. The fraction of sp³-hybridized carbons (Fsp3) is 0.192. The van der Waals surface area contributed by atoms with Gasteiger partial charge in [-0.3, -0.25) is 14.7 Å². The Morgan fingerprint density at radius 1 is 1.00 bits per heavy atom.